The Kier molecular flexibility index (Phi) is 6.90. The Hall–Kier alpha value is -2.60. The van der Waals surface area contributed by atoms with Crippen LogP contribution in [-0.2, 0) is 4.74 Å². The molecule has 0 bridgehead atoms. The van der Waals surface area contributed by atoms with Gasteiger partial charge in [0.25, 0.3) is 5.91 Å². The molecule has 0 aliphatic carbocycles. The summed E-state index contributed by atoms with van der Waals surface area (Å²) in [5.74, 6) is -0.724. The largest absolute Gasteiger partial charge is 0.444 e. The van der Waals surface area contributed by atoms with E-state index in [1.807, 2.05) is 27.7 Å². The van der Waals surface area contributed by atoms with E-state index in [1.165, 1.54) is 12.1 Å². The minimum Gasteiger partial charge on any atom is -0.444 e. The zero-order chi connectivity index (χ0) is 22.8. The van der Waals surface area contributed by atoms with Crippen molar-refractivity contribution in [1.29, 1.82) is 0 Å². The third kappa shape index (κ3) is 5.97. The Labute approximate surface area is 187 Å². The lowest BCUT2D eigenvalue weighted by atomic mass is 9.83. The molecule has 1 saturated heterocycles. The molecule has 166 valence electrons. The second kappa shape index (κ2) is 9.27. The van der Waals surface area contributed by atoms with E-state index < -0.39 is 5.60 Å². The molecule has 2 aromatic rings. The molecule has 5 nitrogen and oxygen atoms in total. The average molecular weight is 447 g/mol. The van der Waals surface area contributed by atoms with Crippen molar-refractivity contribution in [2.24, 2.45) is 0 Å². The van der Waals surface area contributed by atoms with Gasteiger partial charge in [-0.2, -0.15) is 0 Å². The van der Waals surface area contributed by atoms with Crippen LogP contribution in [0.1, 0.15) is 54.6 Å². The number of carbonyl (C=O) groups excluding carboxylic acids is 2. The summed E-state index contributed by atoms with van der Waals surface area (Å²) in [5, 5.41) is 3.66. The van der Waals surface area contributed by atoms with Crippen LogP contribution in [0, 0.1) is 12.7 Å². The monoisotopic (exact) mass is 446 g/mol. The summed E-state index contributed by atoms with van der Waals surface area (Å²) in [5.41, 5.74) is 1.59. The third-order valence-corrected chi connectivity index (χ3v) is 5.57. The molecule has 0 unspecified atom stereocenters. The second-order valence-corrected chi connectivity index (χ2v) is 9.35. The van der Waals surface area contributed by atoms with E-state index in [0.29, 0.717) is 30.1 Å². The number of hydrogen-bond donors (Lipinski definition) is 1. The van der Waals surface area contributed by atoms with Crippen LogP contribution in [0.2, 0.25) is 5.02 Å². The number of rotatable bonds is 3. The summed E-state index contributed by atoms with van der Waals surface area (Å²) < 4.78 is 19.2. The van der Waals surface area contributed by atoms with Crippen LogP contribution < -0.4 is 5.32 Å². The van der Waals surface area contributed by atoms with Gasteiger partial charge in [0.2, 0.25) is 0 Å². The van der Waals surface area contributed by atoms with Gasteiger partial charge in [0.15, 0.2) is 0 Å². The molecule has 2 aromatic carbocycles. The van der Waals surface area contributed by atoms with Crippen LogP contribution >= 0.6 is 11.6 Å². The van der Waals surface area contributed by atoms with E-state index in [4.69, 9.17) is 16.3 Å². The number of nitrogens with zero attached hydrogens (tertiary/aromatic N) is 1. The molecular weight excluding hydrogens is 419 g/mol. The molecule has 0 spiro atoms. The highest BCUT2D eigenvalue weighted by Crippen LogP contribution is 2.31. The Bertz CT molecular complexity index is 956. The molecule has 1 fully saturated rings. The molecule has 0 radical (unpaired) electrons. The number of nitrogens with one attached hydrogen (secondary N) is 1. The van der Waals surface area contributed by atoms with Crippen LogP contribution in [-0.4, -0.2) is 41.6 Å². The summed E-state index contributed by atoms with van der Waals surface area (Å²) >= 11 is 5.92. The van der Waals surface area contributed by atoms with Crippen LogP contribution in [0.5, 0.6) is 0 Å². The molecule has 1 aliphatic rings. The molecule has 2 amide bonds. The highest BCUT2D eigenvalue weighted by atomic mass is 35.5. The van der Waals surface area contributed by atoms with Crippen molar-refractivity contribution in [3.05, 3.63) is 70.0 Å². The highest BCUT2D eigenvalue weighted by molar-refractivity contribution is 6.30. The van der Waals surface area contributed by atoms with Gasteiger partial charge in [-0.1, -0.05) is 17.7 Å². The molecule has 1 heterocycles. The van der Waals surface area contributed by atoms with Gasteiger partial charge in [0.05, 0.1) is 0 Å². The summed E-state index contributed by atoms with van der Waals surface area (Å²) in [6, 6.07) is 11.1. The quantitative estimate of drug-likeness (QED) is 0.695. The first-order valence-electron chi connectivity index (χ1n) is 10.3. The number of carbonyl (C=O) groups is 2. The molecule has 0 aromatic heterocycles. The number of ether oxygens (including phenoxy) is 1. The van der Waals surface area contributed by atoms with Gasteiger partial charge in [-0.15, -0.1) is 0 Å². The molecule has 3 rings (SSSR count). The summed E-state index contributed by atoms with van der Waals surface area (Å²) in [7, 11) is 0. The first-order valence-corrected chi connectivity index (χ1v) is 10.7. The number of aryl methyl sites for hydroxylation is 1. The van der Waals surface area contributed by atoms with E-state index in [-0.39, 0.29) is 29.8 Å². The van der Waals surface area contributed by atoms with Crippen LogP contribution in [0.3, 0.4) is 0 Å². The molecule has 1 N–H and O–H groups in total. The number of piperidine rings is 1. The van der Waals surface area contributed by atoms with Gasteiger partial charge in [0.1, 0.15) is 11.4 Å². The lowest BCUT2D eigenvalue weighted by Gasteiger charge is -2.40. The number of likely N-dealkylation sites (tertiary alicyclic amines) is 1. The fourth-order valence-electron chi connectivity index (χ4n) is 3.84. The van der Waals surface area contributed by atoms with Crippen LogP contribution in [0.15, 0.2) is 42.5 Å². The van der Waals surface area contributed by atoms with E-state index in [9.17, 15) is 14.0 Å². The summed E-state index contributed by atoms with van der Waals surface area (Å²) in [6.45, 7) is 8.13. The second-order valence-electron chi connectivity index (χ2n) is 8.91. The van der Waals surface area contributed by atoms with E-state index >= 15 is 0 Å². The molecule has 7 heteroatoms. The third-order valence-electron chi connectivity index (χ3n) is 5.32. The predicted molar refractivity (Wildman–Crippen MR) is 119 cm³/mol. The SMILES string of the molecule is Cc1cc(F)ccc1[C@@H]1CN(C(=O)OC(C)(C)C)CC[C@H]1NC(=O)c1ccc(Cl)cc1. The topological polar surface area (TPSA) is 58.6 Å². The molecular formula is C24H28ClFN2O3. The number of benzene rings is 2. The van der Waals surface area contributed by atoms with Gasteiger partial charge in [-0.3, -0.25) is 4.79 Å². The van der Waals surface area contributed by atoms with Crippen LogP contribution in [0.25, 0.3) is 0 Å². The van der Waals surface area contributed by atoms with Crippen molar-refractivity contribution >= 4 is 23.6 Å². The van der Waals surface area contributed by atoms with Crippen molar-refractivity contribution in [2.75, 3.05) is 13.1 Å². The molecule has 1 aliphatic heterocycles. The Balaban J connectivity index is 1.84. The Morgan fingerprint density at radius 3 is 2.45 bits per heavy atom. The van der Waals surface area contributed by atoms with Crippen molar-refractivity contribution in [1.82, 2.24) is 10.2 Å². The average Bonchev–Trinajstić information content (AvgIpc) is 2.67. The van der Waals surface area contributed by atoms with Crippen molar-refractivity contribution < 1.29 is 18.7 Å². The van der Waals surface area contributed by atoms with Gasteiger partial charge in [-0.05, 0) is 81.6 Å². The highest BCUT2D eigenvalue weighted by Gasteiger charge is 2.36. The van der Waals surface area contributed by atoms with E-state index in [0.717, 1.165) is 11.1 Å². The van der Waals surface area contributed by atoms with E-state index in [1.54, 1.807) is 35.2 Å². The first kappa shape index (κ1) is 23.1. The van der Waals surface area contributed by atoms with Gasteiger partial charge >= 0.3 is 6.09 Å². The fraction of sp³-hybridized carbons (Fsp3) is 0.417. The van der Waals surface area contributed by atoms with Crippen molar-refractivity contribution in [3.63, 3.8) is 0 Å². The van der Waals surface area contributed by atoms with Gasteiger partial charge in [0, 0.05) is 35.6 Å². The number of amides is 2. The standard InChI is InChI=1S/C24H28ClFN2O3/c1-15-13-18(26)9-10-19(15)20-14-28(23(30)31-24(2,3)4)12-11-21(20)27-22(29)16-5-7-17(25)8-6-16/h5-10,13,20-21H,11-12,14H2,1-4H3,(H,27,29)/t20-,21+/m0/s1. The van der Waals surface area contributed by atoms with Crippen molar-refractivity contribution in [2.45, 2.75) is 51.7 Å². The lowest BCUT2D eigenvalue weighted by molar-refractivity contribution is 0.0176. The predicted octanol–water partition coefficient (Wildman–Crippen LogP) is 5.31. The minimum absolute atomic E-state index is 0.196. The molecule has 0 saturated carbocycles. The van der Waals surface area contributed by atoms with Gasteiger partial charge in [-0.25, -0.2) is 9.18 Å². The van der Waals surface area contributed by atoms with Crippen molar-refractivity contribution in [3.8, 4) is 0 Å². The summed E-state index contributed by atoms with van der Waals surface area (Å²) in [6.07, 6.45) is 0.166. The molecule has 31 heavy (non-hydrogen) atoms. The zero-order valence-electron chi connectivity index (χ0n) is 18.2. The maximum absolute atomic E-state index is 13.7. The summed E-state index contributed by atoms with van der Waals surface area (Å²) in [4.78, 5) is 27.1. The maximum atomic E-state index is 13.7. The molecule has 2 atom stereocenters. The van der Waals surface area contributed by atoms with Gasteiger partial charge < -0.3 is 15.0 Å². The van der Waals surface area contributed by atoms with E-state index in [2.05, 4.69) is 5.32 Å². The first-order chi connectivity index (χ1) is 14.5. The van der Waals surface area contributed by atoms with Crippen LogP contribution in [0.4, 0.5) is 9.18 Å². The Morgan fingerprint density at radius 1 is 1.16 bits per heavy atom. The Morgan fingerprint density at radius 2 is 1.84 bits per heavy atom. The smallest absolute Gasteiger partial charge is 0.410 e. The normalized spacial score (nSPS) is 19.1. The number of halogens is 2. The lowest BCUT2D eigenvalue weighted by Crippen LogP contribution is -2.52. The fourth-order valence-corrected chi connectivity index (χ4v) is 3.97. The minimum atomic E-state index is -0.599. The number of hydrogen-bond acceptors (Lipinski definition) is 3. The maximum Gasteiger partial charge on any atom is 0.410 e. The zero-order valence-corrected chi connectivity index (χ0v) is 19.0.